The highest BCUT2D eigenvalue weighted by molar-refractivity contribution is 14.0. The Morgan fingerprint density at radius 3 is 2.50 bits per heavy atom. The first kappa shape index (κ1) is 24.5. The van der Waals surface area contributed by atoms with Crippen molar-refractivity contribution < 1.29 is 9.47 Å². The Labute approximate surface area is 189 Å². The van der Waals surface area contributed by atoms with Crippen LogP contribution in [-0.4, -0.2) is 37.2 Å². The number of aliphatic imine (C=N–C) groups is 1. The lowest BCUT2D eigenvalue weighted by atomic mass is 10.1. The van der Waals surface area contributed by atoms with E-state index in [1.165, 1.54) is 10.4 Å². The fourth-order valence-electron chi connectivity index (χ4n) is 2.54. The summed E-state index contributed by atoms with van der Waals surface area (Å²) in [5.74, 6) is 2.41. The van der Waals surface area contributed by atoms with E-state index >= 15 is 0 Å². The summed E-state index contributed by atoms with van der Waals surface area (Å²) >= 11 is 1.68. The molecule has 1 heterocycles. The quantitative estimate of drug-likeness (QED) is 0.281. The zero-order chi connectivity index (χ0) is 19.5. The zero-order valence-corrected chi connectivity index (χ0v) is 20.2. The maximum Gasteiger partial charge on any atom is 0.191 e. The smallest absolute Gasteiger partial charge is 0.191 e. The predicted octanol–water partition coefficient (Wildman–Crippen LogP) is 4.16. The van der Waals surface area contributed by atoms with Crippen molar-refractivity contribution in [3.63, 3.8) is 0 Å². The molecule has 0 radical (unpaired) electrons. The van der Waals surface area contributed by atoms with Crippen LogP contribution in [0.25, 0.3) is 0 Å². The second-order valence-electron chi connectivity index (χ2n) is 5.88. The van der Waals surface area contributed by atoms with Gasteiger partial charge in [-0.3, -0.25) is 0 Å². The van der Waals surface area contributed by atoms with E-state index in [2.05, 4.69) is 46.6 Å². The summed E-state index contributed by atoms with van der Waals surface area (Å²) < 4.78 is 11.3. The van der Waals surface area contributed by atoms with Crippen molar-refractivity contribution in [2.75, 3.05) is 26.3 Å². The third-order valence-electron chi connectivity index (χ3n) is 3.70. The first-order valence-corrected chi connectivity index (χ1v) is 10.3. The molecule has 0 aliphatic rings. The minimum Gasteiger partial charge on any atom is -0.490 e. The van der Waals surface area contributed by atoms with Gasteiger partial charge in [-0.25, -0.2) is 9.98 Å². The number of hydrogen-bond acceptors (Lipinski definition) is 5. The molecule has 8 heteroatoms. The highest BCUT2D eigenvalue weighted by Crippen LogP contribution is 2.28. The van der Waals surface area contributed by atoms with Crippen molar-refractivity contribution in [3.8, 4) is 11.5 Å². The summed E-state index contributed by atoms with van der Waals surface area (Å²) in [5, 5.41) is 7.68. The molecule has 0 saturated carbocycles. The standard InChI is InChI=1S/C20H30N4O2S.HI/c1-5-21-20(24-14-19-23-13-15(4)27-19)22-11-10-16-8-9-17(25-6-2)18(12-16)26-7-3;/h8-9,12-13H,5-7,10-11,14H2,1-4H3,(H2,21,22,24);1H. The molecule has 1 aromatic heterocycles. The highest BCUT2D eigenvalue weighted by Gasteiger charge is 2.07. The van der Waals surface area contributed by atoms with Crippen LogP contribution in [0.5, 0.6) is 11.5 Å². The Hall–Kier alpha value is -1.55. The molecule has 0 spiro atoms. The molecule has 0 amide bonds. The molecule has 0 bridgehead atoms. The van der Waals surface area contributed by atoms with Gasteiger partial charge in [0.15, 0.2) is 17.5 Å². The van der Waals surface area contributed by atoms with E-state index in [0.717, 1.165) is 42.0 Å². The van der Waals surface area contributed by atoms with Gasteiger partial charge in [0.05, 0.1) is 19.8 Å². The van der Waals surface area contributed by atoms with Gasteiger partial charge in [0, 0.05) is 24.2 Å². The lowest BCUT2D eigenvalue weighted by Crippen LogP contribution is -2.38. The van der Waals surface area contributed by atoms with Gasteiger partial charge in [-0.2, -0.15) is 0 Å². The van der Waals surface area contributed by atoms with E-state index in [0.29, 0.717) is 19.8 Å². The Morgan fingerprint density at radius 1 is 1.11 bits per heavy atom. The number of hydrogen-bond donors (Lipinski definition) is 2. The number of rotatable bonds is 10. The van der Waals surface area contributed by atoms with Gasteiger partial charge in [0.1, 0.15) is 5.01 Å². The van der Waals surface area contributed by atoms with Crippen molar-refractivity contribution >= 4 is 41.3 Å². The van der Waals surface area contributed by atoms with Gasteiger partial charge in [0.25, 0.3) is 0 Å². The third-order valence-corrected chi connectivity index (χ3v) is 4.60. The maximum absolute atomic E-state index is 5.70. The van der Waals surface area contributed by atoms with E-state index in [1.54, 1.807) is 11.3 Å². The Morgan fingerprint density at radius 2 is 1.86 bits per heavy atom. The van der Waals surface area contributed by atoms with Gasteiger partial charge in [-0.15, -0.1) is 35.3 Å². The van der Waals surface area contributed by atoms with Gasteiger partial charge < -0.3 is 20.1 Å². The summed E-state index contributed by atoms with van der Waals surface area (Å²) in [6, 6.07) is 6.12. The molecule has 2 rings (SSSR count). The number of thiazole rings is 1. The highest BCUT2D eigenvalue weighted by atomic mass is 127. The first-order chi connectivity index (χ1) is 13.2. The first-order valence-electron chi connectivity index (χ1n) is 9.48. The van der Waals surface area contributed by atoms with Crippen LogP contribution in [0.3, 0.4) is 0 Å². The van der Waals surface area contributed by atoms with Crippen molar-refractivity contribution in [1.82, 2.24) is 15.6 Å². The monoisotopic (exact) mass is 518 g/mol. The number of nitrogens with one attached hydrogen (secondary N) is 2. The van der Waals surface area contributed by atoms with Crippen LogP contribution in [0, 0.1) is 6.92 Å². The third kappa shape index (κ3) is 8.22. The number of benzene rings is 1. The number of halogens is 1. The van der Waals surface area contributed by atoms with Crippen molar-refractivity contribution in [3.05, 3.63) is 39.8 Å². The van der Waals surface area contributed by atoms with E-state index in [1.807, 2.05) is 26.1 Å². The largest absolute Gasteiger partial charge is 0.490 e. The zero-order valence-electron chi connectivity index (χ0n) is 17.1. The normalized spacial score (nSPS) is 10.9. The molecule has 0 unspecified atom stereocenters. The SMILES string of the molecule is CCNC(=NCc1ncc(C)s1)NCCc1ccc(OCC)c(OCC)c1.I. The molecule has 0 saturated heterocycles. The Kier molecular flexibility index (Phi) is 11.9. The summed E-state index contributed by atoms with van der Waals surface area (Å²) in [7, 11) is 0. The van der Waals surface area contributed by atoms with Crippen LogP contribution in [0.15, 0.2) is 29.4 Å². The van der Waals surface area contributed by atoms with Crippen molar-refractivity contribution in [1.29, 1.82) is 0 Å². The summed E-state index contributed by atoms with van der Waals surface area (Å²) in [6.45, 7) is 11.5. The Bertz CT molecular complexity index is 737. The number of guanidine groups is 1. The van der Waals surface area contributed by atoms with Crippen LogP contribution in [0.4, 0.5) is 0 Å². The number of ether oxygens (including phenoxy) is 2. The van der Waals surface area contributed by atoms with Gasteiger partial charge >= 0.3 is 0 Å². The average Bonchev–Trinajstić information content (AvgIpc) is 3.07. The second-order valence-corrected chi connectivity index (χ2v) is 7.20. The fourth-order valence-corrected chi connectivity index (χ4v) is 3.25. The topological polar surface area (TPSA) is 67.8 Å². The minimum absolute atomic E-state index is 0. The predicted molar refractivity (Wildman–Crippen MR) is 128 cm³/mol. The average molecular weight is 518 g/mol. The molecular formula is C20H31IN4O2S. The summed E-state index contributed by atoms with van der Waals surface area (Å²) in [6.07, 6.45) is 2.75. The molecule has 0 aliphatic carbocycles. The Balaban J connectivity index is 0.00000392. The maximum atomic E-state index is 5.70. The molecule has 156 valence electrons. The lowest BCUT2D eigenvalue weighted by Gasteiger charge is -2.14. The number of nitrogens with zero attached hydrogens (tertiary/aromatic N) is 2. The van der Waals surface area contributed by atoms with Gasteiger partial charge in [-0.1, -0.05) is 6.07 Å². The molecule has 1 aromatic carbocycles. The van der Waals surface area contributed by atoms with E-state index in [9.17, 15) is 0 Å². The second kappa shape index (κ2) is 13.6. The van der Waals surface area contributed by atoms with Gasteiger partial charge in [0.2, 0.25) is 0 Å². The summed E-state index contributed by atoms with van der Waals surface area (Å²) in [5.41, 5.74) is 1.20. The van der Waals surface area contributed by atoms with Crippen LogP contribution < -0.4 is 20.1 Å². The van der Waals surface area contributed by atoms with Crippen LogP contribution in [0.1, 0.15) is 36.2 Å². The minimum atomic E-state index is 0. The van der Waals surface area contributed by atoms with Crippen LogP contribution in [0.2, 0.25) is 0 Å². The van der Waals surface area contributed by atoms with E-state index in [4.69, 9.17) is 9.47 Å². The molecule has 6 nitrogen and oxygen atoms in total. The van der Waals surface area contributed by atoms with E-state index < -0.39 is 0 Å². The molecule has 0 atom stereocenters. The molecule has 2 N–H and O–H groups in total. The number of aryl methyl sites for hydroxylation is 1. The molecular weight excluding hydrogens is 487 g/mol. The van der Waals surface area contributed by atoms with Crippen molar-refractivity contribution in [2.24, 2.45) is 4.99 Å². The molecule has 28 heavy (non-hydrogen) atoms. The molecule has 2 aromatic rings. The van der Waals surface area contributed by atoms with Crippen LogP contribution in [-0.2, 0) is 13.0 Å². The lowest BCUT2D eigenvalue weighted by molar-refractivity contribution is 0.287. The molecule has 0 fully saturated rings. The van der Waals surface area contributed by atoms with E-state index in [-0.39, 0.29) is 24.0 Å². The van der Waals surface area contributed by atoms with Crippen molar-refractivity contribution in [2.45, 2.75) is 40.7 Å². The number of aromatic nitrogens is 1. The molecule has 0 aliphatic heterocycles. The van der Waals surface area contributed by atoms with Gasteiger partial charge in [-0.05, 0) is 51.8 Å². The van der Waals surface area contributed by atoms with Crippen LogP contribution >= 0.6 is 35.3 Å². The fraction of sp³-hybridized carbons (Fsp3) is 0.500. The summed E-state index contributed by atoms with van der Waals surface area (Å²) in [4.78, 5) is 10.2.